The fraction of sp³-hybridized carbons (Fsp3) is 0.250. The van der Waals surface area contributed by atoms with Crippen LogP contribution in [0.4, 0.5) is 26.3 Å². The van der Waals surface area contributed by atoms with Crippen LogP contribution in [0.1, 0.15) is 12.0 Å². The molecule has 0 unspecified atom stereocenters. The van der Waals surface area contributed by atoms with Crippen molar-refractivity contribution in [3.05, 3.63) is 47.3 Å². The van der Waals surface area contributed by atoms with Gasteiger partial charge in [-0.1, -0.05) is 6.08 Å². The third-order valence-electron chi connectivity index (χ3n) is 3.79. The van der Waals surface area contributed by atoms with Crippen molar-refractivity contribution >= 4 is 17.1 Å². The van der Waals surface area contributed by atoms with Gasteiger partial charge in [0.1, 0.15) is 11.6 Å². The molecule has 0 fully saturated rings. The minimum Gasteiger partial charge on any atom is -0.486 e. The Labute approximate surface area is 143 Å². The van der Waals surface area contributed by atoms with E-state index in [9.17, 15) is 26.3 Å². The zero-order valence-corrected chi connectivity index (χ0v) is 12.9. The number of ether oxygens (including phenoxy) is 1. The van der Waals surface area contributed by atoms with Gasteiger partial charge >= 0.3 is 12.1 Å². The second kappa shape index (κ2) is 6.19. The van der Waals surface area contributed by atoms with Gasteiger partial charge in [0.15, 0.2) is 12.4 Å². The van der Waals surface area contributed by atoms with Crippen LogP contribution in [0.3, 0.4) is 0 Å². The number of fused-ring (bicyclic) bond motifs is 1. The highest BCUT2D eigenvalue weighted by Gasteiger charge is 2.58. The van der Waals surface area contributed by atoms with Crippen LogP contribution >= 0.6 is 0 Å². The number of hydrogen-bond donors (Lipinski definition) is 1. The molecule has 1 aromatic rings. The maximum atomic E-state index is 13.6. The molecule has 2 aliphatic rings. The fourth-order valence-corrected chi connectivity index (χ4v) is 2.42. The van der Waals surface area contributed by atoms with E-state index in [1.807, 2.05) is 0 Å². The van der Waals surface area contributed by atoms with Gasteiger partial charge in [0, 0.05) is 17.6 Å². The molecule has 4 nitrogen and oxygen atoms in total. The standard InChI is InChI=1S/C16H11F6N3O/c17-9-2-4-13(26-7-15(18,19)16(20,21)22)11(6-9)8-1-3-10-12(5-8)24-25-14(10)23/h1-4,6H,5,7H2,(H2,23,25). The predicted octanol–water partition coefficient (Wildman–Crippen LogP) is 3.84. The molecule has 26 heavy (non-hydrogen) atoms. The van der Waals surface area contributed by atoms with Crippen molar-refractivity contribution < 1.29 is 31.1 Å². The van der Waals surface area contributed by atoms with Gasteiger partial charge in [-0.2, -0.15) is 27.1 Å². The largest absolute Gasteiger partial charge is 0.486 e. The summed E-state index contributed by atoms with van der Waals surface area (Å²) < 4.78 is 81.3. The molecule has 0 bridgehead atoms. The van der Waals surface area contributed by atoms with Gasteiger partial charge < -0.3 is 10.5 Å². The van der Waals surface area contributed by atoms with Crippen LogP contribution in [0.25, 0.3) is 5.57 Å². The van der Waals surface area contributed by atoms with E-state index in [0.717, 1.165) is 18.2 Å². The maximum Gasteiger partial charge on any atom is 0.456 e. The number of allylic oxidation sites excluding steroid dienone is 3. The lowest BCUT2D eigenvalue weighted by Crippen LogP contribution is -2.41. The van der Waals surface area contributed by atoms with Crippen LogP contribution in [0, 0.1) is 5.82 Å². The second-order valence-corrected chi connectivity index (χ2v) is 5.61. The lowest BCUT2D eigenvalue weighted by atomic mass is 9.91. The predicted molar refractivity (Wildman–Crippen MR) is 82.6 cm³/mol. The number of benzene rings is 1. The van der Waals surface area contributed by atoms with E-state index >= 15 is 0 Å². The van der Waals surface area contributed by atoms with E-state index in [1.54, 1.807) is 6.08 Å². The van der Waals surface area contributed by atoms with Crippen molar-refractivity contribution in [2.75, 3.05) is 6.61 Å². The molecular formula is C16H11F6N3O. The summed E-state index contributed by atoms with van der Waals surface area (Å²) in [6.07, 6.45) is -2.51. The van der Waals surface area contributed by atoms with Crippen molar-refractivity contribution in [3.8, 4) is 5.75 Å². The van der Waals surface area contributed by atoms with Gasteiger partial charge in [-0.25, -0.2) is 4.39 Å². The molecule has 0 radical (unpaired) electrons. The van der Waals surface area contributed by atoms with Gasteiger partial charge in [-0.3, -0.25) is 0 Å². The fourth-order valence-electron chi connectivity index (χ4n) is 2.42. The van der Waals surface area contributed by atoms with E-state index < -0.39 is 24.5 Å². The molecule has 1 aliphatic heterocycles. The Morgan fingerprint density at radius 1 is 1.08 bits per heavy atom. The first-order valence-electron chi connectivity index (χ1n) is 7.27. The third kappa shape index (κ3) is 3.31. The monoisotopic (exact) mass is 375 g/mol. The topological polar surface area (TPSA) is 60.0 Å². The molecule has 1 aromatic carbocycles. The van der Waals surface area contributed by atoms with Crippen LogP contribution < -0.4 is 10.5 Å². The molecule has 138 valence electrons. The van der Waals surface area contributed by atoms with Crippen LogP contribution in [0.5, 0.6) is 5.75 Å². The van der Waals surface area contributed by atoms with Crippen LogP contribution in [-0.4, -0.2) is 30.3 Å². The normalized spacial score (nSPS) is 17.2. The number of rotatable bonds is 4. The van der Waals surface area contributed by atoms with Gasteiger partial charge in [0.05, 0.1) is 5.71 Å². The Kier molecular flexibility index (Phi) is 4.29. The van der Waals surface area contributed by atoms with Crippen molar-refractivity contribution in [3.63, 3.8) is 0 Å². The molecule has 0 saturated carbocycles. The second-order valence-electron chi connectivity index (χ2n) is 5.61. The van der Waals surface area contributed by atoms with Crippen molar-refractivity contribution in [1.29, 1.82) is 0 Å². The minimum atomic E-state index is -5.75. The number of hydrogen-bond acceptors (Lipinski definition) is 4. The lowest BCUT2D eigenvalue weighted by Gasteiger charge is -2.22. The van der Waals surface area contributed by atoms with E-state index in [2.05, 4.69) is 14.9 Å². The average molecular weight is 375 g/mol. The molecule has 2 N–H and O–H groups in total. The summed E-state index contributed by atoms with van der Waals surface area (Å²) in [7, 11) is 0. The molecule has 1 aliphatic carbocycles. The quantitative estimate of drug-likeness (QED) is 0.813. The molecule has 0 aromatic heterocycles. The van der Waals surface area contributed by atoms with E-state index in [4.69, 9.17) is 5.73 Å². The Morgan fingerprint density at radius 2 is 1.81 bits per heavy atom. The van der Waals surface area contributed by atoms with E-state index in [-0.39, 0.29) is 23.6 Å². The maximum absolute atomic E-state index is 13.6. The molecule has 0 amide bonds. The summed E-state index contributed by atoms with van der Waals surface area (Å²) >= 11 is 0. The number of nitrogens with zero attached hydrogens (tertiary/aromatic N) is 2. The SMILES string of the molecule is NC1=NN=C2CC(c3cc(F)ccc3OCC(F)(F)C(F)(F)F)=CC=C12. The van der Waals surface area contributed by atoms with Crippen LogP contribution in [0.2, 0.25) is 0 Å². The zero-order chi connectivity index (χ0) is 19.1. The number of alkyl halides is 5. The first-order valence-corrected chi connectivity index (χ1v) is 7.27. The van der Waals surface area contributed by atoms with E-state index in [1.165, 1.54) is 6.08 Å². The van der Waals surface area contributed by atoms with Crippen LogP contribution in [-0.2, 0) is 0 Å². The smallest absolute Gasteiger partial charge is 0.456 e. The van der Waals surface area contributed by atoms with Gasteiger partial charge in [-0.15, -0.1) is 5.10 Å². The number of halogens is 6. The Hall–Kier alpha value is -2.78. The highest BCUT2D eigenvalue weighted by Crippen LogP contribution is 2.38. The Morgan fingerprint density at radius 3 is 2.50 bits per heavy atom. The Bertz CT molecular complexity index is 867. The molecule has 0 saturated heterocycles. The highest BCUT2D eigenvalue weighted by molar-refractivity contribution is 6.28. The summed E-state index contributed by atoms with van der Waals surface area (Å²) in [6.45, 7) is -1.92. The van der Waals surface area contributed by atoms with Crippen molar-refractivity contribution in [2.45, 2.75) is 18.5 Å². The highest BCUT2D eigenvalue weighted by atomic mass is 19.4. The first-order chi connectivity index (χ1) is 12.1. The van der Waals surface area contributed by atoms with Crippen molar-refractivity contribution in [1.82, 2.24) is 0 Å². The summed E-state index contributed by atoms with van der Waals surface area (Å²) in [5.74, 6) is -5.83. The molecule has 3 rings (SSSR count). The molecule has 1 heterocycles. The average Bonchev–Trinajstić information content (AvgIpc) is 2.93. The molecule has 10 heteroatoms. The van der Waals surface area contributed by atoms with Gasteiger partial charge in [-0.05, 0) is 29.8 Å². The zero-order valence-electron chi connectivity index (χ0n) is 12.9. The third-order valence-corrected chi connectivity index (χ3v) is 3.79. The van der Waals surface area contributed by atoms with Crippen molar-refractivity contribution in [2.24, 2.45) is 15.9 Å². The lowest BCUT2D eigenvalue weighted by molar-refractivity contribution is -0.290. The molecular weight excluding hydrogens is 364 g/mol. The molecule has 0 atom stereocenters. The number of nitrogens with two attached hydrogens (primary N) is 1. The van der Waals surface area contributed by atoms with E-state index in [0.29, 0.717) is 16.9 Å². The summed E-state index contributed by atoms with van der Waals surface area (Å²) in [6, 6.07) is 2.90. The summed E-state index contributed by atoms with van der Waals surface area (Å²) in [5.41, 5.74) is 7.16. The minimum absolute atomic E-state index is 0.0476. The molecule has 0 spiro atoms. The van der Waals surface area contributed by atoms with Gasteiger partial charge in [0.2, 0.25) is 0 Å². The summed E-state index contributed by atoms with van der Waals surface area (Å²) in [5, 5.41) is 7.55. The summed E-state index contributed by atoms with van der Waals surface area (Å²) in [4.78, 5) is 0. The Balaban J connectivity index is 1.89. The number of amidine groups is 1. The first kappa shape index (κ1) is 18.0. The van der Waals surface area contributed by atoms with Gasteiger partial charge in [0.25, 0.3) is 0 Å². The van der Waals surface area contributed by atoms with Crippen LogP contribution in [0.15, 0.2) is 46.1 Å².